The van der Waals surface area contributed by atoms with Crippen molar-refractivity contribution in [3.05, 3.63) is 29.8 Å². The Morgan fingerprint density at radius 2 is 2.11 bits per heavy atom. The second kappa shape index (κ2) is 7.34. The first-order valence-corrected chi connectivity index (χ1v) is 6.57. The Morgan fingerprint density at radius 1 is 1.44 bits per heavy atom. The highest BCUT2D eigenvalue weighted by Gasteiger charge is 2.20. The number of likely N-dealkylation sites (N-methyl/N-ethyl adjacent to an activating group) is 2. The fraction of sp³-hybridized carbons (Fsp3) is 0.364. The summed E-state index contributed by atoms with van der Waals surface area (Å²) in [6.45, 7) is 0.962. The molecule has 5 nitrogen and oxygen atoms in total. The smallest absolute Gasteiger partial charge is 0.242 e. The zero-order valence-electron chi connectivity index (χ0n) is 10.3. The van der Waals surface area contributed by atoms with Crippen LogP contribution in [0, 0.1) is 11.3 Å². The van der Waals surface area contributed by atoms with Crippen molar-refractivity contribution in [1.82, 2.24) is 9.62 Å². The first-order valence-electron chi connectivity index (χ1n) is 5.13. The first-order chi connectivity index (χ1) is 8.02. The van der Waals surface area contributed by atoms with Crippen LogP contribution < -0.4 is 5.32 Å². The highest BCUT2D eigenvalue weighted by Crippen LogP contribution is 2.15. The molecule has 0 aliphatic rings. The molecular weight excluding hydrogens is 274 g/mol. The molecule has 100 valence electrons. The normalized spacial score (nSPS) is 10.8. The molecule has 18 heavy (non-hydrogen) atoms. The van der Waals surface area contributed by atoms with Gasteiger partial charge in [-0.2, -0.15) is 9.57 Å². The average molecular weight is 290 g/mol. The summed E-state index contributed by atoms with van der Waals surface area (Å²) in [6.07, 6.45) is 0. The molecule has 0 heterocycles. The van der Waals surface area contributed by atoms with E-state index in [0.29, 0.717) is 18.7 Å². The Kier molecular flexibility index (Phi) is 6.88. The van der Waals surface area contributed by atoms with Gasteiger partial charge in [0, 0.05) is 20.1 Å². The van der Waals surface area contributed by atoms with Gasteiger partial charge in [-0.15, -0.1) is 12.4 Å². The van der Waals surface area contributed by atoms with Crippen molar-refractivity contribution in [3.8, 4) is 6.07 Å². The quantitative estimate of drug-likeness (QED) is 0.871. The maximum atomic E-state index is 12.1. The lowest BCUT2D eigenvalue weighted by atomic mass is 10.2. The molecule has 0 aliphatic heterocycles. The molecule has 0 aromatic heterocycles. The summed E-state index contributed by atoms with van der Waals surface area (Å²) in [5.74, 6) is 0. The van der Waals surface area contributed by atoms with Crippen LogP contribution >= 0.6 is 12.4 Å². The number of nitriles is 1. The van der Waals surface area contributed by atoms with Crippen LogP contribution in [0.25, 0.3) is 0 Å². The van der Waals surface area contributed by atoms with E-state index in [1.54, 1.807) is 19.2 Å². The number of halogens is 1. The molecule has 0 saturated heterocycles. The van der Waals surface area contributed by atoms with Gasteiger partial charge < -0.3 is 5.32 Å². The van der Waals surface area contributed by atoms with Crippen molar-refractivity contribution in [2.45, 2.75) is 4.90 Å². The number of sulfonamides is 1. The molecule has 0 bridgehead atoms. The minimum Gasteiger partial charge on any atom is -0.318 e. The SMILES string of the molecule is CNCCN(C)S(=O)(=O)c1cccc(C#N)c1.Cl. The van der Waals surface area contributed by atoms with Crippen molar-refractivity contribution in [2.24, 2.45) is 0 Å². The number of rotatable bonds is 5. The summed E-state index contributed by atoms with van der Waals surface area (Å²) < 4.78 is 25.5. The van der Waals surface area contributed by atoms with Crippen molar-refractivity contribution >= 4 is 22.4 Å². The lowest BCUT2D eigenvalue weighted by Crippen LogP contribution is -2.32. The molecule has 1 N–H and O–H groups in total. The fourth-order valence-corrected chi connectivity index (χ4v) is 2.51. The van der Waals surface area contributed by atoms with E-state index in [0.717, 1.165) is 0 Å². The minimum absolute atomic E-state index is 0. The van der Waals surface area contributed by atoms with Gasteiger partial charge in [0.25, 0.3) is 0 Å². The molecule has 0 saturated carbocycles. The van der Waals surface area contributed by atoms with E-state index in [2.05, 4.69) is 5.32 Å². The predicted molar refractivity (Wildman–Crippen MR) is 72.1 cm³/mol. The standard InChI is InChI=1S/C11H15N3O2S.ClH/c1-13-6-7-14(2)17(15,16)11-5-3-4-10(8-11)9-12;/h3-5,8,13H,6-7H2,1-2H3;1H. The van der Waals surface area contributed by atoms with E-state index >= 15 is 0 Å². The Bertz CT molecular complexity index is 525. The molecule has 0 radical (unpaired) electrons. The Labute approximate surface area is 114 Å². The van der Waals surface area contributed by atoms with Crippen molar-refractivity contribution in [1.29, 1.82) is 5.26 Å². The lowest BCUT2D eigenvalue weighted by Gasteiger charge is -2.16. The van der Waals surface area contributed by atoms with Crippen molar-refractivity contribution in [3.63, 3.8) is 0 Å². The summed E-state index contributed by atoms with van der Waals surface area (Å²) >= 11 is 0. The van der Waals surface area contributed by atoms with Gasteiger partial charge in [0.1, 0.15) is 0 Å². The van der Waals surface area contributed by atoms with Crippen LogP contribution in [-0.2, 0) is 10.0 Å². The van der Waals surface area contributed by atoms with Crippen LogP contribution in [0.15, 0.2) is 29.2 Å². The summed E-state index contributed by atoms with van der Waals surface area (Å²) in [5.41, 5.74) is 0.341. The third-order valence-electron chi connectivity index (χ3n) is 2.35. The molecule has 0 spiro atoms. The number of hydrogen-bond acceptors (Lipinski definition) is 4. The number of nitrogens with one attached hydrogen (secondary N) is 1. The summed E-state index contributed by atoms with van der Waals surface area (Å²) in [4.78, 5) is 0.148. The van der Waals surface area contributed by atoms with Crippen molar-refractivity contribution < 1.29 is 8.42 Å². The van der Waals surface area contributed by atoms with Crippen LogP contribution in [0.2, 0.25) is 0 Å². The minimum atomic E-state index is -3.50. The summed E-state index contributed by atoms with van der Waals surface area (Å²) in [7, 11) is -0.221. The molecule has 0 atom stereocenters. The molecule has 0 amide bonds. The Balaban J connectivity index is 0.00000289. The van der Waals surface area contributed by atoms with Crippen LogP contribution in [0.3, 0.4) is 0 Å². The van der Waals surface area contributed by atoms with E-state index in [-0.39, 0.29) is 17.3 Å². The molecule has 1 rings (SSSR count). The third kappa shape index (κ3) is 3.96. The van der Waals surface area contributed by atoms with E-state index in [1.165, 1.54) is 23.5 Å². The third-order valence-corrected chi connectivity index (χ3v) is 4.20. The summed E-state index contributed by atoms with van der Waals surface area (Å²) in [5, 5.41) is 11.6. The zero-order valence-corrected chi connectivity index (χ0v) is 11.9. The topological polar surface area (TPSA) is 73.2 Å². The van der Waals surface area contributed by atoms with Crippen molar-refractivity contribution in [2.75, 3.05) is 27.2 Å². The van der Waals surface area contributed by atoms with Gasteiger partial charge in [-0.05, 0) is 25.2 Å². The van der Waals surface area contributed by atoms with Gasteiger partial charge in [0.05, 0.1) is 16.5 Å². The monoisotopic (exact) mass is 289 g/mol. The van der Waals surface area contributed by atoms with Crippen LogP contribution in [0.1, 0.15) is 5.56 Å². The molecule has 0 aliphatic carbocycles. The van der Waals surface area contributed by atoms with Crippen LogP contribution in [0.4, 0.5) is 0 Å². The van der Waals surface area contributed by atoms with Gasteiger partial charge in [0.2, 0.25) is 10.0 Å². The van der Waals surface area contributed by atoms with E-state index < -0.39 is 10.0 Å². The van der Waals surface area contributed by atoms with E-state index in [4.69, 9.17) is 5.26 Å². The molecule has 0 fully saturated rings. The van der Waals surface area contributed by atoms with Crippen LogP contribution in [0.5, 0.6) is 0 Å². The van der Waals surface area contributed by atoms with Crippen LogP contribution in [-0.4, -0.2) is 39.9 Å². The second-order valence-electron chi connectivity index (χ2n) is 3.57. The largest absolute Gasteiger partial charge is 0.318 e. The lowest BCUT2D eigenvalue weighted by molar-refractivity contribution is 0.466. The molecule has 1 aromatic carbocycles. The predicted octanol–water partition coefficient (Wildman–Crippen LogP) is 0.820. The number of hydrogen-bond donors (Lipinski definition) is 1. The Morgan fingerprint density at radius 3 is 2.67 bits per heavy atom. The number of benzene rings is 1. The summed E-state index contributed by atoms with van der Waals surface area (Å²) in [6, 6.07) is 7.94. The number of nitrogens with zero attached hydrogens (tertiary/aromatic N) is 2. The van der Waals surface area contributed by atoms with Gasteiger partial charge in [-0.3, -0.25) is 0 Å². The van der Waals surface area contributed by atoms with Gasteiger partial charge in [-0.1, -0.05) is 6.07 Å². The molecule has 0 unspecified atom stereocenters. The highest BCUT2D eigenvalue weighted by molar-refractivity contribution is 7.89. The van der Waals surface area contributed by atoms with Gasteiger partial charge in [-0.25, -0.2) is 8.42 Å². The second-order valence-corrected chi connectivity index (χ2v) is 5.61. The maximum absolute atomic E-state index is 12.1. The zero-order chi connectivity index (χ0) is 12.9. The van der Waals surface area contributed by atoms with E-state index in [9.17, 15) is 8.42 Å². The molecular formula is C11H16ClN3O2S. The van der Waals surface area contributed by atoms with E-state index in [1.807, 2.05) is 6.07 Å². The average Bonchev–Trinajstić information content (AvgIpc) is 2.35. The highest BCUT2D eigenvalue weighted by atomic mass is 35.5. The van der Waals surface area contributed by atoms with Gasteiger partial charge in [0.15, 0.2) is 0 Å². The first kappa shape index (κ1) is 16.9. The fourth-order valence-electron chi connectivity index (χ4n) is 1.30. The molecule has 1 aromatic rings. The Hall–Kier alpha value is -1.13. The maximum Gasteiger partial charge on any atom is 0.242 e. The van der Waals surface area contributed by atoms with Gasteiger partial charge >= 0.3 is 0 Å². The molecule has 7 heteroatoms.